The first kappa shape index (κ1) is 18.2. The van der Waals surface area contributed by atoms with Crippen molar-refractivity contribution >= 4 is 0 Å². The third kappa shape index (κ3) is 5.47. The lowest BCUT2D eigenvalue weighted by Gasteiger charge is -2.23. The molecule has 2 heterocycles. The van der Waals surface area contributed by atoms with Crippen molar-refractivity contribution in [1.82, 2.24) is 4.90 Å². The van der Waals surface area contributed by atoms with Crippen LogP contribution in [-0.2, 0) is 13.1 Å². The average Bonchev–Trinajstić information content (AvgIpc) is 3.26. The molecule has 2 aromatic heterocycles. The Morgan fingerprint density at radius 2 is 1.85 bits per heavy atom. The molecule has 0 bridgehead atoms. The first-order valence-electron chi connectivity index (χ1n) is 8.45. The van der Waals surface area contributed by atoms with Crippen LogP contribution in [0.15, 0.2) is 63.6 Å². The quantitative estimate of drug-likeness (QED) is 0.630. The van der Waals surface area contributed by atoms with E-state index >= 15 is 0 Å². The summed E-state index contributed by atoms with van der Waals surface area (Å²) in [6, 6.07) is 13.3. The number of aryl methyl sites for hydroxylation is 1. The largest absolute Gasteiger partial charge is 0.491 e. The molecule has 0 saturated carbocycles. The fourth-order valence-electron chi connectivity index (χ4n) is 2.67. The lowest BCUT2D eigenvalue weighted by molar-refractivity contribution is 0.0579. The van der Waals surface area contributed by atoms with Crippen LogP contribution in [-0.4, -0.2) is 29.3 Å². The van der Waals surface area contributed by atoms with Crippen LogP contribution in [0.5, 0.6) is 5.75 Å². The highest BCUT2D eigenvalue weighted by molar-refractivity contribution is 5.22. The maximum Gasteiger partial charge on any atom is 0.123 e. The van der Waals surface area contributed by atoms with Gasteiger partial charge in [0.2, 0.25) is 0 Å². The van der Waals surface area contributed by atoms with Crippen molar-refractivity contribution < 1.29 is 23.1 Å². The molecule has 1 aromatic carbocycles. The third-order valence-electron chi connectivity index (χ3n) is 3.86. The van der Waals surface area contributed by atoms with Gasteiger partial charge in [-0.05, 0) is 55.5 Å². The first-order valence-corrected chi connectivity index (χ1v) is 8.45. The van der Waals surface area contributed by atoms with Crippen molar-refractivity contribution in [3.05, 3.63) is 77.9 Å². The van der Waals surface area contributed by atoms with Gasteiger partial charge in [-0.1, -0.05) is 0 Å². The standard InChI is InChI=1S/C20H22FNO4/c1-15-4-7-20(26-15)13-22(12-19-3-2-10-24-19)11-17(23)14-25-18-8-5-16(21)6-9-18/h2-10,17,23H,11-14H2,1H3. The minimum atomic E-state index is -0.717. The van der Waals surface area contributed by atoms with E-state index in [1.54, 1.807) is 6.26 Å². The molecule has 6 heteroatoms. The van der Waals surface area contributed by atoms with Crippen molar-refractivity contribution in [3.63, 3.8) is 0 Å². The number of rotatable bonds is 9. The number of hydrogen-bond donors (Lipinski definition) is 1. The molecular formula is C20H22FNO4. The van der Waals surface area contributed by atoms with Crippen LogP contribution in [0.4, 0.5) is 4.39 Å². The highest BCUT2D eigenvalue weighted by atomic mass is 19.1. The molecule has 138 valence electrons. The van der Waals surface area contributed by atoms with E-state index in [0.717, 1.165) is 17.3 Å². The molecule has 0 spiro atoms. The molecule has 3 rings (SSSR count). The van der Waals surface area contributed by atoms with E-state index in [1.165, 1.54) is 24.3 Å². The number of hydrogen-bond acceptors (Lipinski definition) is 5. The van der Waals surface area contributed by atoms with Gasteiger partial charge in [-0.3, -0.25) is 4.90 Å². The van der Waals surface area contributed by atoms with E-state index in [1.807, 2.05) is 36.1 Å². The minimum absolute atomic E-state index is 0.109. The van der Waals surface area contributed by atoms with Gasteiger partial charge in [0.25, 0.3) is 0 Å². The maximum atomic E-state index is 12.9. The Balaban J connectivity index is 1.57. The van der Waals surface area contributed by atoms with Gasteiger partial charge in [0.15, 0.2) is 0 Å². The second-order valence-electron chi connectivity index (χ2n) is 6.18. The SMILES string of the molecule is Cc1ccc(CN(Cc2ccco2)CC(O)COc2ccc(F)cc2)o1. The predicted octanol–water partition coefficient (Wildman–Crippen LogP) is 3.76. The normalized spacial score (nSPS) is 12.5. The number of furan rings is 2. The van der Waals surface area contributed by atoms with Gasteiger partial charge in [-0.15, -0.1) is 0 Å². The molecule has 1 N–H and O–H groups in total. The molecule has 1 unspecified atom stereocenters. The zero-order chi connectivity index (χ0) is 18.4. The van der Waals surface area contributed by atoms with Gasteiger partial charge in [-0.25, -0.2) is 4.39 Å². The fourth-order valence-corrected chi connectivity index (χ4v) is 2.67. The number of nitrogens with zero attached hydrogens (tertiary/aromatic N) is 1. The maximum absolute atomic E-state index is 12.9. The molecule has 0 fully saturated rings. The van der Waals surface area contributed by atoms with Crippen molar-refractivity contribution in [2.75, 3.05) is 13.2 Å². The molecule has 0 radical (unpaired) electrons. The molecule has 26 heavy (non-hydrogen) atoms. The first-order chi connectivity index (χ1) is 12.6. The van der Waals surface area contributed by atoms with Gasteiger partial charge < -0.3 is 18.7 Å². The number of ether oxygens (including phenoxy) is 1. The molecule has 3 aromatic rings. The summed E-state index contributed by atoms with van der Waals surface area (Å²) in [4.78, 5) is 2.02. The molecule has 0 aliphatic carbocycles. The molecule has 0 saturated heterocycles. The summed E-state index contributed by atoms with van der Waals surface area (Å²) >= 11 is 0. The summed E-state index contributed by atoms with van der Waals surface area (Å²) < 4.78 is 29.5. The molecular weight excluding hydrogens is 337 g/mol. The van der Waals surface area contributed by atoms with Crippen LogP contribution in [0.1, 0.15) is 17.3 Å². The van der Waals surface area contributed by atoms with E-state index < -0.39 is 6.10 Å². The minimum Gasteiger partial charge on any atom is -0.491 e. The summed E-state index contributed by atoms with van der Waals surface area (Å²) in [6.45, 7) is 3.47. The average molecular weight is 359 g/mol. The van der Waals surface area contributed by atoms with E-state index in [4.69, 9.17) is 13.6 Å². The lowest BCUT2D eigenvalue weighted by atomic mass is 10.3. The van der Waals surface area contributed by atoms with Crippen LogP contribution in [0.25, 0.3) is 0 Å². The summed E-state index contributed by atoms with van der Waals surface area (Å²) in [5, 5.41) is 10.3. The van der Waals surface area contributed by atoms with Crippen LogP contribution in [0.2, 0.25) is 0 Å². The zero-order valence-corrected chi connectivity index (χ0v) is 14.6. The Labute approximate surface area is 151 Å². The Kier molecular flexibility index (Phi) is 6.09. The summed E-state index contributed by atoms with van der Waals surface area (Å²) in [5.74, 6) is 2.67. The lowest BCUT2D eigenvalue weighted by Crippen LogP contribution is -2.34. The smallest absolute Gasteiger partial charge is 0.123 e. The Morgan fingerprint density at radius 1 is 1.08 bits per heavy atom. The predicted molar refractivity (Wildman–Crippen MR) is 94.2 cm³/mol. The highest BCUT2D eigenvalue weighted by Gasteiger charge is 2.16. The summed E-state index contributed by atoms with van der Waals surface area (Å²) in [6.07, 6.45) is 0.907. The number of aliphatic hydroxyl groups excluding tert-OH is 1. The van der Waals surface area contributed by atoms with Crippen molar-refractivity contribution in [3.8, 4) is 5.75 Å². The summed E-state index contributed by atoms with van der Waals surface area (Å²) in [5.41, 5.74) is 0. The van der Waals surface area contributed by atoms with Crippen LogP contribution < -0.4 is 4.74 Å². The Hall–Kier alpha value is -2.57. The van der Waals surface area contributed by atoms with Crippen LogP contribution in [0.3, 0.4) is 0 Å². The van der Waals surface area contributed by atoms with Crippen molar-refractivity contribution in [2.24, 2.45) is 0 Å². The van der Waals surface area contributed by atoms with Crippen molar-refractivity contribution in [2.45, 2.75) is 26.1 Å². The molecule has 0 amide bonds. The van der Waals surface area contributed by atoms with Crippen LogP contribution in [0, 0.1) is 12.7 Å². The topological polar surface area (TPSA) is 59.0 Å². The number of halogens is 1. The van der Waals surface area contributed by atoms with Gasteiger partial charge in [0.1, 0.15) is 41.6 Å². The Bertz CT molecular complexity index is 783. The van der Waals surface area contributed by atoms with E-state index in [-0.39, 0.29) is 12.4 Å². The molecule has 0 aliphatic heterocycles. The van der Waals surface area contributed by atoms with Gasteiger partial charge >= 0.3 is 0 Å². The van der Waals surface area contributed by atoms with Crippen molar-refractivity contribution in [1.29, 1.82) is 0 Å². The number of aliphatic hydroxyl groups is 1. The fraction of sp³-hybridized carbons (Fsp3) is 0.300. The monoisotopic (exact) mass is 359 g/mol. The highest BCUT2D eigenvalue weighted by Crippen LogP contribution is 2.15. The van der Waals surface area contributed by atoms with Gasteiger partial charge in [-0.2, -0.15) is 0 Å². The Morgan fingerprint density at radius 3 is 2.50 bits per heavy atom. The summed E-state index contributed by atoms with van der Waals surface area (Å²) in [7, 11) is 0. The van der Waals surface area contributed by atoms with Gasteiger partial charge in [0, 0.05) is 6.54 Å². The third-order valence-corrected chi connectivity index (χ3v) is 3.86. The van der Waals surface area contributed by atoms with E-state index in [9.17, 15) is 9.50 Å². The molecule has 0 aliphatic rings. The van der Waals surface area contributed by atoms with Crippen LogP contribution >= 0.6 is 0 Å². The molecule has 1 atom stereocenters. The van der Waals surface area contributed by atoms with E-state index in [0.29, 0.717) is 25.4 Å². The second kappa shape index (κ2) is 8.69. The van der Waals surface area contributed by atoms with Gasteiger partial charge in [0.05, 0.1) is 19.4 Å². The number of benzene rings is 1. The zero-order valence-electron chi connectivity index (χ0n) is 14.6. The van der Waals surface area contributed by atoms with E-state index in [2.05, 4.69) is 0 Å². The molecule has 5 nitrogen and oxygen atoms in total. The second-order valence-corrected chi connectivity index (χ2v) is 6.18.